The topological polar surface area (TPSA) is 78.4 Å². The summed E-state index contributed by atoms with van der Waals surface area (Å²) in [5.41, 5.74) is 2.88. The van der Waals surface area contributed by atoms with Crippen LogP contribution >= 0.6 is 0 Å². The van der Waals surface area contributed by atoms with Crippen LogP contribution in [-0.4, -0.2) is 23.1 Å². The van der Waals surface area contributed by atoms with Crippen LogP contribution in [0.4, 0.5) is 10.5 Å². The van der Waals surface area contributed by atoms with E-state index in [2.05, 4.69) is 10.6 Å². The lowest BCUT2D eigenvalue weighted by molar-refractivity contribution is -0.140. The van der Waals surface area contributed by atoms with Gasteiger partial charge in [-0.05, 0) is 43.5 Å². The number of carboxylic acids is 1. The molecule has 0 radical (unpaired) electrons. The van der Waals surface area contributed by atoms with Gasteiger partial charge >= 0.3 is 12.0 Å². The molecule has 20 heavy (non-hydrogen) atoms. The molecule has 2 rings (SSSR count). The first kappa shape index (κ1) is 14.1. The van der Waals surface area contributed by atoms with Crippen molar-refractivity contribution in [2.45, 2.75) is 26.3 Å². The van der Waals surface area contributed by atoms with E-state index in [9.17, 15) is 9.59 Å². The highest BCUT2D eigenvalue weighted by atomic mass is 16.4. The first-order valence-electron chi connectivity index (χ1n) is 6.51. The molecule has 0 aliphatic heterocycles. The monoisotopic (exact) mass is 274 g/mol. The van der Waals surface area contributed by atoms with Crippen LogP contribution in [0.2, 0.25) is 0 Å². The lowest BCUT2D eigenvalue weighted by Crippen LogP contribution is -2.36. The Hall–Kier alpha value is -2.30. The molecule has 1 aromatic carbocycles. The van der Waals surface area contributed by atoms with Gasteiger partial charge in [-0.3, -0.25) is 4.79 Å². The van der Waals surface area contributed by atoms with Gasteiger partial charge in [0.2, 0.25) is 0 Å². The van der Waals surface area contributed by atoms with Gasteiger partial charge in [0.15, 0.2) is 0 Å². The van der Waals surface area contributed by atoms with Gasteiger partial charge in [0, 0.05) is 5.69 Å². The van der Waals surface area contributed by atoms with Crippen molar-refractivity contribution in [1.29, 1.82) is 0 Å². The number of benzene rings is 1. The van der Waals surface area contributed by atoms with E-state index in [1.807, 2.05) is 32.0 Å². The van der Waals surface area contributed by atoms with Crippen molar-refractivity contribution in [3.63, 3.8) is 0 Å². The number of carboxylic acid groups (broad SMARTS) is 1. The molecule has 2 unspecified atom stereocenters. The summed E-state index contributed by atoms with van der Waals surface area (Å²) >= 11 is 0. The number of carbonyl (C=O) groups excluding carboxylic acids is 1. The number of hydrogen-bond acceptors (Lipinski definition) is 2. The van der Waals surface area contributed by atoms with Gasteiger partial charge in [0.1, 0.15) is 0 Å². The van der Waals surface area contributed by atoms with E-state index < -0.39 is 11.9 Å². The number of nitrogens with one attached hydrogen (secondary N) is 2. The predicted octanol–water partition coefficient (Wildman–Crippen LogP) is 2.45. The summed E-state index contributed by atoms with van der Waals surface area (Å²) < 4.78 is 0. The van der Waals surface area contributed by atoms with Gasteiger partial charge in [-0.25, -0.2) is 4.79 Å². The maximum Gasteiger partial charge on any atom is 0.319 e. The molecular formula is C15H18N2O3. The largest absolute Gasteiger partial charge is 0.481 e. The Morgan fingerprint density at radius 2 is 1.80 bits per heavy atom. The van der Waals surface area contributed by atoms with Crippen molar-refractivity contribution in [2.75, 3.05) is 5.32 Å². The van der Waals surface area contributed by atoms with E-state index in [1.54, 1.807) is 12.2 Å². The van der Waals surface area contributed by atoms with Gasteiger partial charge in [0.05, 0.1) is 12.0 Å². The smallest absolute Gasteiger partial charge is 0.319 e. The normalized spacial score (nSPS) is 20.7. The quantitative estimate of drug-likeness (QED) is 0.741. The van der Waals surface area contributed by atoms with Crippen molar-refractivity contribution < 1.29 is 14.7 Å². The Labute approximate surface area is 117 Å². The summed E-state index contributed by atoms with van der Waals surface area (Å²) in [5, 5.41) is 14.4. The summed E-state index contributed by atoms with van der Waals surface area (Å²) in [7, 11) is 0. The van der Waals surface area contributed by atoms with Crippen LogP contribution in [-0.2, 0) is 4.79 Å². The molecule has 0 saturated heterocycles. The Bertz CT molecular complexity index is 546. The predicted molar refractivity (Wildman–Crippen MR) is 76.7 cm³/mol. The number of aliphatic carboxylic acids is 1. The average molecular weight is 274 g/mol. The van der Waals surface area contributed by atoms with Crippen LogP contribution in [0.15, 0.2) is 30.4 Å². The number of hydrogen-bond donors (Lipinski definition) is 3. The van der Waals surface area contributed by atoms with E-state index in [1.165, 1.54) is 0 Å². The second-order valence-electron chi connectivity index (χ2n) is 5.15. The second-order valence-corrected chi connectivity index (χ2v) is 5.15. The number of rotatable bonds is 3. The van der Waals surface area contributed by atoms with Crippen molar-refractivity contribution >= 4 is 17.7 Å². The molecule has 5 nitrogen and oxygen atoms in total. The maximum atomic E-state index is 11.9. The molecule has 5 heteroatoms. The highest BCUT2D eigenvalue weighted by Crippen LogP contribution is 2.18. The lowest BCUT2D eigenvalue weighted by Gasteiger charge is -2.13. The third-order valence-corrected chi connectivity index (χ3v) is 3.20. The fourth-order valence-corrected chi connectivity index (χ4v) is 2.37. The Balaban J connectivity index is 1.90. The molecule has 1 aliphatic carbocycles. The average Bonchev–Trinajstić information content (AvgIpc) is 2.75. The second kappa shape index (κ2) is 5.77. The van der Waals surface area contributed by atoms with Gasteiger partial charge < -0.3 is 15.7 Å². The van der Waals surface area contributed by atoms with E-state index in [0.29, 0.717) is 6.42 Å². The van der Waals surface area contributed by atoms with E-state index >= 15 is 0 Å². The van der Waals surface area contributed by atoms with E-state index in [4.69, 9.17) is 5.11 Å². The van der Waals surface area contributed by atoms with Crippen LogP contribution < -0.4 is 10.6 Å². The summed E-state index contributed by atoms with van der Waals surface area (Å²) in [6, 6.07) is 5.24. The first-order valence-corrected chi connectivity index (χ1v) is 6.51. The molecule has 3 N–H and O–H groups in total. The molecule has 0 spiro atoms. The molecule has 0 bridgehead atoms. The fraction of sp³-hybridized carbons (Fsp3) is 0.333. The molecule has 106 valence electrons. The SMILES string of the molecule is Cc1cc(C)cc(NC(=O)NC2C=CC(C(=O)O)C2)c1. The zero-order valence-corrected chi connectivity index (χ0v) is 11.5. The van der Waals surface area contributed by atoms with Crippen LogP contribution in [0.1, 0.15) is 17.5 Å². The Morgan fingerprint density at radius 1 is 1.15 bits per heavy atom. The molecule has 0 heterocycles. The van der Waals surface area contributed by atoms with E-state index in [-0.39, 0.29) is 12.1 Å². The van der Waals surface area contributed by atoms with Gasteiger partial charge in [-0.1, -0.05) is 18.2 Å². The minimum Gasteiger partial charge on any atom is -0.481 e. The van der Waals surface area contributed by atoms with Gasteiger partial charge in [0.25, 0.3) is 0 Å². The molecule has 2 amide bonds. The summed E-state index contributed by atoms with van der Waals surface area (Å²) in [6.45, 7) is 3.93. The highest BCUT2D eigenvalue weighted by molar-refractivity contribution is 5.90. The third-order valence-electron chi connectivity index (χ3n) is 3.20. The van der Waals surface area contributed by atoms with Crippen molar-refractivity contribution in [3.8, 4) is 0 Å². The molecule has 1 aliphatic rings. The number of carbonyl (C=O) groups is 2. The molecular weight excluding hydrogens is 256 g/mol. The first-order chi connectivity index (χ1) is 9.44. The molecule has 2 atom stereocenters. The van der Waals surface area contributed by atoms with Crippen LogP contribution in [0.3, 0.4) is 0 Å². The minimum absolute atomic E-state index is 0.234. The highest BCUT2D eigenvalue weighted by Gasteiger charge is 2.25. The van der Waals surface area contributed by atoms with E-state index in [0.717, 1.165) is 16.8 Å². The Kier molecular flexibility index (Phi) is 4.08. The molecule has 1 aromatic rings. The summed E-state index contributed by atoms with van der Waals surface area (Å²) in [6.07, 6.45) is 3.74. The fourth-order valence-electron chi connectivity index (χ4n) is 2.37. The maximum absolute atomic E-state index is 11.9. The molecule has 0 aromatic heterocycles. The summed E-state index contributed by atoms with van der Waals surface area (Å²) in [5.74, 6) is -1.37. The van der Waals surface area contributed by atoms with Crippen molar-refractivity contribution in [3.05, 3.63) is 41.5 Å². The molecule has 0 saturated carbocycles. The molecule has 0 fully saturated rings. The van der Waals surface area contributed by atoms with Crippen molar-refractivity contribution in [2.24, 2.45) is 5.92 Å². The van der Waals surface area contributed by atoms with Crippen LogP contribution in [0.5, 0.6) is 0 Å². The number of amides is 2. The number of urea groups is 1. The van der Waals surface area contributed by atoms with Gasteiger partial charge in [-0.2, -0.15) is 0 Å². The summed E-state index contributed by atoms with van der Waals surface area (Å²) in [4.78, 5) is 22.7. The van der Waals surface area contributed by atoms with Crippen LogP contribution in [0, 0.1) is 19.8 Å². The third kappa shape index (κ3) is 3.60. The van der Waals surface area contributed by atoms with Gasteiger partial charge in [-0.15, -0.1) is 0 Å². The number of aryl methyl sites for hydroxylation is 2. The zero-order valence-electron chi connectivity index (χ0n) is 11.5. The standard InChI is InChI=1S/C15H18N2O3/c1-9-5-10(2)7-13(6-9)17-15(20)16-12-4-3-11(8-12)14(18)19/h3-7,11-12H,8H2,1-2H3,(H,18,19)(H2,16,17,20). The zero-order chi connectivity index (χ0) is 14.7. The Morgan fingerprint density at radius 3 is 2.35 bits per heavy atom. The van der Waals surface area contributed by atoms with Crippen LogP contribution in [0.25, 0.3) is 0 Å². The van der Waals surface area contributed by atoms with Crippen molar-refractivity contribution in [1.82, 2.24) is 5.32 Å². The minimum atomic E-state index is -0.861. The lowest BCUT2D eigenvalue weighted by atomic mass is 10.1. The number of anilines is 1.